The fraction of sp³-hybridized carbons (Fsp3) is 0.750. The Morgan fingerprint density at radius 1 is 1.47 bits per heavy atom. The van der Waals surface area contributed by atoms with Crippen molar-refractivity contribution in [2.75, 3.05) is 6.54 Å². The minimum atomic E-state index is 0.303. The van der Waals surface area contributed by atoms with Gasteiger partial charge in [0.1, 0.15) is 0 Å². The van der Waals surface area contributed by atoms with Crippen molar-refractivity contribution in [3.05, 3.63) is 18.0 Å². The Kier molecular flexibility index (Phi) is 3.91. The number of nitrogens with zero attached hydrogens (tertiary/aromatic N) is 2. The molecular weight excluding hydrogens is 186 g/mol. The number of hydrogen-bond donors (Lipinski definition) is 1. The quantitative estimate of drug-likeness (QED) is 0.824. The highest BCUT2D eigenvalue weighted by Gasteiger charge is 2.22. The third-order valence-corrected chi connectivity index (χ3v) is 3.05. The maximum atomic E-state index is 5.81. The summed E-state index contributed by atoms with van der Waals surface area (Å²) in [6, 6.07) is 0. The van der Waals surface area contributed by atoms with Crippen LogP contribution < -0.4 is 5.73 Å². The fourth-order valence-electron chi connectivity index (χ4n) is 1.85. The zero-order valence-corrected chi connectivity index (χ0v) is 10.3. The molecule has 1 atom stereocenters. The first-order valence-corrected chi connectivity index (χ1v) is 5.61. The van der Waals surface area contributed by atoms with E-state index in [4.69, 9.17) is 5.73 Å². The number of hydrogen-bond acceptors (Lipinski definition) is 2. The van der Waals surface area contributed by atoms with Gasteiger partial charge in [-0.05, 0) is 36.3 Å². The summed E-state index contributed by atoms with van der Waals surface area (Å²) in [6.45, 7) is 7.54. The number of rotatable bonds is 4. The van der Waals surface area contributed by atoms with Gasteiger partial charge in [-0.25, -0.2) is 0 Å². The van der Waals surface area contributed by atoms with Gasteiger partial charge in [-0.1, -0.05) is 20.8 Å². The first kappa shape index (κ1) is 12.2. The van der Waals surface area contributed by atoms with E-state index >= 15 is 0 Å². The fourth-order valence-corrected chi connectivity index (χ4v) is 1.85. The third kappa shape index (κ3) is 3.67. The number of aromatic nitrogens is 2. The zero-order chi connectivity index (χ0) is 11.5. The topological polar surface area (TPSA) is 43.8 Å². The van der Waals surface area contributed by atoms with Crippen molar-refractivity contribution in [2.45, 2.75) is 33.6 Å². The molecule has 1 aromatic heterocycles. The molecule has 1 heterocycles. The van der Waals surface area contributed by atoms with Gasteiger partial charge in [0.2, 0.25) is 0 Å². The monoisotopic (exact) mass is 209 g/mol. The van der Waals surface area contributed by atoms with Gasteiger partial charge in [-0.15, -0.1) is 0 Å². The lowest BCUT2D eigenvalue weighted by atomic mass is 9.78. The van der Waals surface area contributed by atoms with Crippen LogP contribution in [-0.2, 0) is 13.5 Å². The molecule has 1 rings (SSSR count). The summed E-state index contributed by atoms with van der Waals surface area (Å²) in [7, 11) is 1.95. The molecule has 1 aromatic rings. The van der Waals surface area contributed by atoms with Crippen molar-refractivity contribution in [1.82, 2.24) is 9.78 Å². The molecule has 0 aromatic carbocycles. The lowest BCUT2D eigenvalue weighted by Gasteiger charge is -2.29. The summed E-state index contributed by atoms with van der Waals surface area (Å²) in [5.41, 5.74) is 7.42. The molecule has 0 saturated heterocycles. The first-order valence-electron chi connectivity index (χ1n) is 5.61. The molecule has 2 N–H and O–H groups in total. The second kappa shape index (κ2) is 4.79. The molecule has 0 saturated carbocycles. The predicted molar refractivity (Wildman–Crippen MR) is 63.5 cm³/mol. The summed E-state index contributed by atoms with van der Waals surface area (Å²) in [6.07, 6.45) is 6.24. The smallest absolute Gasteiger partial charge is 0.0521 e. The molecule has 0 fully saturated rings. The van der Waals surface area contributed by atoms with Crippen molar-refractivity contribution < 1.29 is 0 Å². The van der Waals surface area contributed by atoms with Gasteiger partial charge in [0, 0.05) is 13.2 Å². The molecular formula is C12H23N3. The van der Waals surface area contributed by atoms with Crippen LogP contribution in [0.2, 0.25) is 0 Å². The van der Waals surface area contributed by atoms with E-state index in [1.807, 2.05) is 17.9 Å². The summed E-state index contributed by atoms with van der Waals surface area (Å²) in [5, 5.41) is 4.17. The molecule has 0 amide bonds. The number of nitrogens with two attached hydrogens (primary N) is 1. The van der Waals surface area contributed by atoms with Crippen molar-refractivity contribution in [2.24, 2.45) is 24.1 Å². The van der Waals surface area contributed by atoms with E-state index in [1.54, 1.807) is 0 Å². The minimum absolute atomic E-state index is 0.303. The Hall–Kier alpha value is -0.830. The first-order chi connectivity index (χ1) is 6.93. The van der Waals surface area contributed by atoms with Crippen LogP contribution >= 0.6 is 0 Å². The summed E-state index contributed by atoms with van der Waals surface area (Å²) >= 11 is 0. The standard InChI is InChI=1S/C12H23N3/c1-12(2,3)11(7-13)6-5-10-8-14-15(4)9-10/h8-9,11H,5-7,13H2,1-4H3. The van der Waals surface area contributed by atoms with Crippen LogP contribution in [0.25, 0.3) is 0 Å². The highest BCUT2D eigenvalue weighted by atomic mass is 15.2. The van der Waals surface area contributed by atoms with Crippen molar-refractivity contribution in [3.63, 3.8) is 0 Å². The van der Waals surface area contributed by atoms with Gasteiger partial charge >= 0.3 is 0 Å². The van der Waals surface area contributed by atoms with Crippen LogP contribution in [0.4, 0.5) is 0 Å². The molecule has 0 radical (unpaired) electrons. The predicted octanol–water partition coefficient (Wildman–Crippen LogP) is 1.97. The molecule has 0 aliphatic carbocycles. The average Bonchev–Trinajstić information content (AvgIpc) is 2.50. The molecule has 3 nitrogen and oxygen atoms in total. The van der Waals surface area contributed by atoms with Crippen molar-refractivity contribution in [3.8, 4) is 0 Å². The maximum Gasteiger partial charge on any atom is 0.0521 e. The zero-order valence-electron chi connectivity index (χ0n) is 10.3. The van der Waals surface area contributed by atoms with E-state index in [0.717, 1.165) is 19.4 Å². The Bertz CT molecular complexity index is 296. The minimum Gasteiger partial charge on any atom is -0.330 e. The molecule has 1 unspecified atom stereocenters. The van der Waals surface area contributed by atoms with Crippen LogP contribution in [-0.4, -0.2) is 16.3 Å². The molecule has 86 valence electrons. The van der Waals surface area contributed by atoms with E-state index < -0.39 is 0 Å². The van der Waals surface area contributed by atoms with Gasteiger partial charge < -0.3 is 5.73 Å². The van der Waals surface area contributed by atoms with Gasteiger partial charge in [0.15, 0.2) is 0 Å². The van der Waals surface area contributed by atoms with E-state index in [9.17, 15) is 0 Å². The SMILES string of the molecule is Cn1cc(CCC(CN)C(C)(C)C)cn1. The molecule has 0 spiro atoms. The third-order valence-electron chi connectivity index (χ3n) is 3.05. The highest BCUT2D eigenvalue weighted by molar-refractivity contribution is 5.03. The summed E-state index contributed by atoms with van der Waals surface area (Å²) in [4.78, 5) is 0. The van der Waals surface area contributed by atoms with Crippen LogP contribution in [0.3, 0.4) is 0 Å². The van der Waals surface area contributed by atoms with Crippen LogP contribution in [0, 0.1) is 11.3 Å². The lowest BCUT2D eigenvalue weighted by molar-refractivity contribution is 0.233. The second-order valence-electron chi connectivity index (χ2n) is 5.36. The lowest BCUT2D eigenvalue weighted by Crippen LogP contribution is -2.28. The van der Waals surface area contributed by atoms with Crippen LogP contribution in [0.1, 0.15) is 32.8 Å². The van der Waals surface area contributed by atoms with E-state index in [1.165, 1.54) is 5.56 Å². The summed E-state index contributed by atoms with van der Waals surface area (Å²) in [5.74, 6) is 0.581. The normalized spacial score (nSPS) is 14.2. The van der Waals surface area contributed by atoms with E-state index in [0.29, 0.717) is 11.3 Å². The molecule has 3 heteroatoms. The van der Waals surface area contributed by atoms with Gasteiger partial charge in [-0.2, -0.15) is 5.10 Å². The maximum absolute atomic E-state index is 5.81. The number of aryl methyl sites for hydroxylation is 2. The molecule has 0 bridgehead atoms. The van der Waals surface area contributed by atoms with E-state index in [-0.39, 0.29) is 0 Å². The highest BCUT2D eigenvalue weighted by Crippen LogP contribution is 2.28. The van der Waals surface area contributed by atoms with Crippen LogP contribution in [0.5, 0.6) is 0 Å². The molecule has 0 aliphatic rings. The Balaban J connectivity index is 2.48. The Morgan fingerprint density at radius 3 is 2.53 bits per heavy atom. The average molecular weight is 209 g/mol. The van der Waals surface area contributed by atoms with Gasteiger partial charge in [0.25, 0.3) is 0 Å². The van der Waals surface area contributed by atoms with Crippen molar-refractivity contribution in [1.29, 1.82) is 0 Å². The van der Waals surface area contributed by atoms with E-state index in [2.05, 4.69) is 32.1 Å². The Morgan fingerprint density at radius 2 is 2.13 bits per heavy atom. The Labute approximate surface area is 92.7 Å². The molecule has 15 heavy (non-hydrogen) atoms. The largest absolute Gasteiger partial charge is 0.330 e. The van der Waals surface area contributed by atoms with Gasteiger partial charge in [-0.3, -0.25) is 4.68 Å². The second-order valence-corrected chi connectivity index (χ2v) is 5.36. The molecule has 0 aliphatic heterocycles. The van der Waals surface area contributed by atoms with Gasteiger partial charge in [0.05, 0.1) is 6.20 Å². The van der Waals surface area contributed by atoms with Crippen molar-refractivity contribution >= 4 is 0 Å². The summed E-state index contributed by atoms with van der Waals surface area (Å²) < 4.78 is 1.85. The van der Waals surface area contributed by atoms with Crippen LogP contribution in [0.15, 0.2) is 12.4 Å².